The van der Waals surface area contributed by atoms with E-state index in [2.05, 4.69) is 15.9 Å². The number of carbonyl (C=O) groups is 2. The van der Waals surface area contributed by atoms with Gasteiger partial charge < -0.3 is 0 Å². The van der Waals surface area contributed by atoms with Gasteiger partial charge in [-0.25, -0.2) is 4.39 Å². The molecule has 2 nitrogen and oxygen atoms in total. The summed E-state index contributed by atoms with van der Waals surface area (Å²) in [7, 11) is 0. The zero-order chi connectivity index (χ0) is 9.14. The summed E-state index contributed by atoms with van der Waals surface area (Å²) < 4.78 is 12.6. The van der Waals surface area contributed by atoms with Gasteiger partial charge in [0.1, 0.15) is 11.7 Å². The molecule has 0 fully saturated rings. The lowest BCUT2D eigenvalue weighted by Crippen LogP contribution is -2.23. The van der Waals surface area contributed by atoms with Crippen LogP contribution in [0.15, 0.2) is 24.1 Å². The first-order valence-corrected chi connectivity index (χ1v) is 4.45. The molecule has 0 heterocycles. The Kier molecular flexibility index (Phi) is 2.92. The molecule has 0 aromatic carbocycles. The van der Waals surface area contributed by atoms with Crippen LogP contribution in [0.2, 0.25) is 0 Å². The van der Waals surface area contributed by atoms with Gasteiger partial charge >= 0.3 is 0 Å². The van der Waals surface area contributed by atoms with Crippen molar-refractivity contribution in [2.24, 2.45) is 5.92 Å². The van der Waals surface area contributed by atoms with Crippen LogP contribution in [-0.2, 0) is 9.59 Å². The summed E-state index contributed by atoms with van der Waals surface area (Å²) in [4.78, 5) is 22.0. The summed E-state index contributed by atoms with van der Waals surface area (Å²) in [6, 6.07) is 0. The van der Waals surface area contributed by atoms with Crippen molar-refractivity contribution in [3.63, 3.8) is 0 Å². The average Bonchev–Trinajstić information content (AvgIpc) is 2.08. The minimum atomic E-state index is -0.936. The normalized spacial score (nSPS) is 22.3. The van der Waals surface area contributed by atoms with E-state index in [4.69, 9.17) is 0 Å². The Labute approximate surface area is 77.3 Å². The Balaban J connectivity index is 2.84. The predicted molar refractivity (Wildman–Crippen MR) is 45.6 cm³/mol. The zero-order valence-corrected chi connectivity index (χ0v) is 7.67. The highest BCUT2D eigenvalue weighted by molar-refractivity contribution is 9.09. The smallest absolute Gasteiger partial charge is 0.170 e. The van der Waals surface area contributed by atoms with E-state index >= 15 is 0 Å². The number of Topliss-reactive ketones (excluding diaryl/α,β-unsaturated/α-hetero) is 1. The van der Waals surface area contributed by atoms with E-state index in [-0.39, 0.29) is 16.9 Å². The Morgan fingerprint density at radius 1 is 1.58 bits per heavy atom. The molecule has 4 heteroatoms. The quantitative estimate of drug-likeness (QED) is 0.535. The van der Waals surface area contributed by atoms with Gasteiger partial charge in [0.05, 0.1) is 5.33 Å². The summed E-state index contributed by atoms with van der Waals surface area (Å²) in [6.07, 6.45) is 3.17. The fraction of sp³-hybridized carbons (Fsp3) is 0.250. The first-order chi connectivity index (χ1) is 5.65. The molecule has 1 atom stereocenters. The SMILES string of the molecule is O=C1C=CC(F)=CC1C(=O)CBr. The van der Waals surface area contributed by atoms with Crippen molar-refractivity contribution in [3.8, 4) is 0 Å². The van der Waals surface area contributed by atoms with Crippen LogP contribution in [0.5, 0.6) is 0 Å². The molecule has 0 amide bonds. The number of hydrogen-bond acceptors (Lipinski definition) is 2. The van der Waals surface area contributed by atoms with E-state index < -0.39 is 11.7 Å². The third-order valence-corrected chi connectivity index (χ3v) is 2.07. The molecule has 0 radical (unpaired) electrons. The predicted octanol–water partition coefficient (Wildman–Crippen LogP) is 1.56. The second-order valence-corrected chi connectivity index (χ2v) is 2.93. The van der Waals surface area contributed by atoms with Crippen LogP contribution in [0.1, 0.15) is 0 Å². The molecule has 1 aliphatic rings. The first kappa shape index (κ1) is 9.32. The van der Waals surface area contributed by atoms with E-state index in [9.17, 15) is 14.0 Å². The second kappa shape index (κ2) is 3.76. The lowest BCUT2D eigenvalue weighted by molar-refractivity contribution is -0.126. The Morgan fingerprint density at radius 2 is 2.25 bits per heavy atom. The third-order valence-electron chi connectivity index (χ3n) is 1.52. The van der Waals surface area contributed by atoms with Gasteiger partial charge in [-0.3, -0.25) is 9.59 Å². The number of allylic oxidation sites excluding steroid dienone is 4. The molecule has 12 heavy (non-hydrogen) atoms. The van der Waals surface area contributed by atoms with Gasteiger partial charge in [0.25, 0.3) is 0 Å². The van der Waals surface area contributed by atoms with E-state index in [1.807, 2.05) is 0 Å². The molecular weight excluding hydrogens is 227 g/mol. The minimum absolute atomic E-state index is 0.0705. The molecule has 0 saturated heterocycles. The maximum absolute atomic E-state index is 12.6. The van der Waals surface area contributed by atoms with E-state index in [1.54, 1.807) is 0 Å². The molecule has 0 spiro atoms. The first-order valence-electron chi connectivity index (χ1n) is 3.33. The lowest BCUT2D eigenvalue weighted by atomic mass is 9.95. The van der Waals surface area contributed by atoms with Crippen LogP contribution in [0.25, 0.3) is 0 Å². The molecule has 0 N–H and O–H groups in total. The van der Waals surface area contributed by atoms with E-state index in [1.165, 1.54) is 0 Å². The van der Waals surface area contributed by atoms with E-state index in [0.29, 0.717) is 0 Å². The molecule has 1 rings (SSSR count). The Bertz CT molecular complexity index is 281. The largest absolute Gasteiger partial charge is 0.298 e. The van der Waals surface area contributed by atoms with Crippen molar-refractivity contribution in [1.29, 1.82) is 0 Å². The maximum Gasteiger partial charge on any atom is 0.170 e. The molecule has 0 aliphatic heterocycles. The minimum Gasteiger partial charge on any atom is -0.298 e. The number of rotatable bonds is 2. The van der Waals surface area contributed by atoms with Crippen molar-refractivity contribution >= 4 is 27.5 Å². The number of hydrogen-bond donors (Lipinski definition) is 0. The number of ketones is 2. The maximum atomic E-state index is 12.6. The summed E-state index contributed by atoms with van der Waals surface area (Å²) in [5.74, 6) is -2.15. The van der Waals surface area contributed by atoms with Crippen LogP contribution < -0.4 is 0 Å². The number of carbonyl (C=O) groups excluding carboxylic acids is 2. The van der Waals surface area contributed by atoms with Crippen LogP contribution in [0, 0.1) is 5.92 Å². The fourth-order valence-corrected chi connectivity index (χ4v) is 1.25. The molecule has 1 unspecified atom stereocenters. The summed E-state index contributed by atoms with van der Waals surface area (Å²) in [5.41, 5.74) is 0. The van der Waals surface area contributed by atoms with Gasteiger partial charge in [0, 0.05) is 0 Å². The zero-order valence-electron chi connectivity index (χ0n) is 6.09. The van der Waals surface area contributed by atoms with Gasteiger partial charge in [-0.05, 0) is 18.2 Å². The molecule has 64 valence electrons. The van der Waals surface area contributed by atoms with Gasteiger partial charge in [-0.15, -0.1) is 0 Å². The number of halogens is 2. The summed E-state index contributed by atoms with van der Waals surface area (Å²) in [6.45, 7) is 0. The van der Waals surface area contributed by atoms with Gasteiger partial charge in [0.15, 0.2) is 11.6 Å². The lowest BCUT2D eigenvalue weighted by Gasteiger charge is -2.08. The second-order valence-electron chi connectivity index (χ2n) is 2.36. The standard InChI is InChI=1S/C8H6BrFO2/c9-4-8(12)6-3-5(10)1-2-7(6)11/h1-3,6H,4H2. The highest BCUT2D eigenvalue weighted by Crippen LogP contribution is 2.16. The Morgan fingerprint density at radius 3 is 2.83 bits per heavy atom. The van der Waals surface area contributed by atoms with Gasteiger partial charge in [0.2, 0.25) is 0 Å². The van der Waals surface area contributed by atoms with Crippen molar-refractivity contribution in [1.82, 2.24) is 0 Å². The molecular formula is C8H6BrFO2. The highest BCUT2D eigenvalue weighted by Gasteiger charge is 2.24. The van der Waals surface area contributed by atoms with Gasteiger partial charge in [-0.1, -0.05) is 15.9 Å². The molecule has 0 aromatic rings. The third kappa shape index (κ3) is 1.88. The van der Waals surface area contributed by atoms with Crippen molar-refractivity contribution < 1.29 is 14.0 Å². The molecule has 0 aromatic heterocycles. The number of alkyl halides is 1. The van der Waals surface area contributed by atoms with Crippen LogP contribution in [0.4, 0.5) is 4.39 Å². The van der Waals surface area contributed by atoms with Crippen LogP contribution in [0.3, 0.4) is 0 Å². The average molecular weight is 233 g/mol. The Hall–Kier alpha value is -0.770. The van der Waals surface area contributed by atoms with Crippen molar-refractivity contribution in [2.45, 2.75) is 0 Å². The summed E-state index contributed by atoms with van der Waals surface area (Å²) >= 11 is 2.92. The van der Waals surface area contributed by atoms with Crippen molar-refractivity contribution in [3.05, 3.63) is 24.1 Å². The molecule has 0 saturated carbocycles. The van der Waals surface area contributed by atoms with Crippen molar-refractivity contribution in [2.75, 3.05) is 5.33 Å². The molecule has 1 aliphatic carbocycles. The fourth-order valence-electron chi connectivity index (χ4n) is 0.897. The monoisotopic (exact) mass is 232 g/mol. The summed E-state index contributed by atoms with van der Waals surface area (Å²) in [5, 5.41) is 0.0705. The molecule has 0 bridgehead atoms. The van der Waals surface area contributed by atoms with Crippen LogP contribution in [-0.4, -0.2) is 16.9 Å². The van der Waals surface area contributed by atoms with Gasteiger partial charge in [-0.2, -0.15) is 0 Å². The highest BCUT2D eigenvalue weighted by atomic mass is 79.9. The topological polar surface area (TPSA) is 34.1 Å². The van der Waals surface area contributed by atoms with E-state index in [0.717, 1.165) is 18.2 Å². The van der Waals surface area contributed by atoms with Crippen LogP contribution >= 0.6 is 15.9 Å².